The monoisotopic (exact) mass is 319 g/mol. The molecule has 22 heavy (non-hydrogen) atoms. The summed E-state index contributed by atoms with van der Waals surface area (Å²) in [5, 5.41) is 5.70. The number of rotatable bonds is 7. The van der Waals surface area contributed by atoms with E-state index < -0.39 is 0 Å². The highest BCUT2D eigenvalue weighted by atomic mass is 32.1. The van der Waals surface area contributed by atoms with E-state index in [1.54, 1.807) is 6.20 Å². The lowest BCUT2D eigenvalue weighted by molar-refractivity contribution is -0.121. The number of nitrogens with zero attached hydrogens (tertiary/aromatic N) is 2. The molecule has 1 N–H and O–H groups in total. The second-order valence-electron chi connectivity index (χ2n) is 5.21. The van der Waals surface area contributed by atoms with Crippen LogP contribution in [0.1, 0.15) is 36.7 Å². The van der Waals surface area contributed by atoms with Crippen molar-refractivity contribution in [3.8, 4) is 5.75 Å². The number of carbonyl (C=O) groups is 1. The predicted molar refractivity (Wildman–Crippen MR) is 87.0 cm³/mol. The van der Waals surface area contributed by atoms with Crippen LogP contribution in [0.5, 0.6) is 5.75 Å². The van der Waals surface area contributed by atoms with Crippen molar-refractivity contribution in [1.82, 2.24) is 15.3 Å². The first kappa shape index (κ1) is 16.4. The van der Waals surface area contributed by atoms with Gasteiger partial charge in [-0.15, -0.1) is 11.3 Å². The van der Waals surface area contributed by atoms with Gasteiger partial charge >= 0.3 is 0 Å². The summed E-state index contributed by atoms with van der Waals surface area (Å²) < 4.78 is 5.63. The van der Waals surface area contributed by atoms with Gasteiger partial charge in [0.05, 0.1) is 18.3 Å². The Labute approximate surface area is 134 Å². The number of ether oxygens (including phenoxy) is 1. The maximum Gasteiger partial charge on any atom is 0.226 e. The number of hydrogen-bond donors (Lipinski definition) is 1. The number of hydrogen-bond acceptors (Lipinski definition) is 5. The zero-order chi connectivity index (χ0) is 15.9. The lowest BCUT2D eigenvalue weighted by Crippen LogP contribution is -2.33. The van der Waals surface area contributed by atoms with Crippen molar-refractivity contribution in [1.29, 1.82) is 0 Å². The fourth-order valence-corrected chi connectivity index (χ4v) is 2.48. The van der Waals surface area contributed by atoms with Crippen LogP contribution < -0.4 is 10.1 Å². The molecule has 0 fully saturated rings. The average molecular weight is 319 g/mol. The molecular formula is C16H21N3O2S. The molecule has 1 amide bonds. The molecule has 0 saturated carbocycles. The molecule has 6 heteroatoms. The van der Waals surface area contributed by atoms with Gasteiger partial charge in [-0.05, 0) is 32.4 Å². The smallest absolute Gasteiger partial charge is 0.226 e. The van der Waals surface area contributed by atoms with E-state index in [1.807, 2.05) is 38.3 Å². The first-order chi connectivity index (χ1) is 10.6. The highest BCUT2D eigenvalue weighted by Crippen LogP contribution is 2.15. The SMILES string of the molecule is CCC(C)NC(=O)Cc1csc(COc2ccc(C)nc2)n1. The van der Waals surface area contributed by atoms with Gasteiger partial charge in [-0.3, -0.25) is 9.78 Å². The first-order valence-corrected chi connectivity index (χ1v) is 8.23. The Bertz CT molecular complexity index is 610. The number of amides is 1. The summed E-state index contributed by atoms with van der Waals surface area (Å²) in [7, 11) is 0. The van der Waals surface area contributed by atoms with Gasteiger partial charge in [0.15, 0.2) is 0 Å². The Kier molecular flexibility index (Phi) is 5.89. The van der Waals surface area contributed by atoms with E-state index in [0.29, 0.717) is 13.0 Å². The second kappa shape index (κ2) is 7.89. The number of thiazole rings is 1. The van der Waals surface area contributed by atoms with Gasteiger partial charge in [0.2, 0.25) is 5.91 Å². The predicted octanol–water partition coefficient (Wildman–Crippen LogP) is 2.88. The standard InChI is InChI=1S/C16H21N3O2S/c1-4-11(2)18-15(20)7-13-10-22-16(19-13)9-21-14-6-5-12(3)17-8-14/h5-6,8,10-11H,4,7,9H2,1-3H3,(H,18,20). The molecule has 5 nitrogen and oxygen atoms in total. The Morgan fingerprint density at radius 1 is 1.45 bits per heavy atom. The lowest BCUT2D eigenvalue weighted by Gasteiger charge is -2.10. The van der Waals surface area contributed by atoms with Crippen LogP contribution in [0.4, 0.5) is 0 Å². The fraction of sp³-hybridized carbons (Fsp3) is 0.438. The molecular weight excluding hydrogens is 298 g/mol. The minimum atomic E-state index is 0.00912. The van der Waals surface area contributed by atoms with Crippen LogP contribution >= 0.6 is 11.3 Å². The van der Waals surface area contributed by atoms with Gasteiger partial charge in [0, 0.05) is 17.1 Å². The molecule has 0 bridgehead atoms. The first-order valence-electron chi connectivity index (χ1n) is 7.35. The number of nitrogens with one attached hydrogen (secondary N) is 1. The number of pyridine rings is 1. The van der Waals surface area contributed by atoms with Crippen molar-refractivity contribution in [2.45, 2.75) is 46.3 Å². The van der Waals surface area contributed by atoms with Gasteiger partial charge in [0.25, 0.3) is 0 Å². The molecule has 2 rings (SSSR count). The van der Waals surface area contributed by atoms with Crippen molar-refractivity contribution < 1.29 is 9.53 Å². The number of aryl methyl sites for hydroxylation is 1. The zero-order valence-corrected chi connectivity index (χ0v) is 13.9. The molecule has 118 valence electrons. The third-order valence-electron chi connectivity index (χ3n) is 3.21. The Hall–Kier alpha value is -1.95. The number of aromatic nitrogens is 2. The third-order valence-corrected chi connectivity index (χ3v) is 4.08. The molecule has 0 saturated heterocycles. The molecule has 2 aromatic heterocycles. The molecule has 0 aliphatic rings. The quantitative estimate of drug-likeness (QED) is 0.852. The van der Waals surface area contributed by atoms with Crippen molar-refractivity contribution in [3.05, 3.63) is 40.1 Å². The van der Waals surface area contributed by atoms with Crippen molar-refractivity contribution in [3.63, 3.8) is 0 Å². The van der Waals surface area contributed by atoms with E-state index in [-0.39, 0.29) is 11.9 Å². The summed E-state index contributed by atoms with van der Waals surface area (Å²) in [6.45, 7) is 6.36. The molecule has 0 aliphatic heterocycles. The van der Waals surface area contributed by atoms with E-state index in [2.05, 4.69) is 15.3 Å². The van der Waals surface area contributed by atoms with Crippen LogP contribution in [-0.4, -0.2) is 21.9 Å². The summed E-state index contributed by atoms with van der Waals surface area (Å²) in [5.74, 6) is 0.728. The Morgan fingerprint density at radius 2 is 2.27 bits per heavy atom. The van der Waals surface area contributed by atoms with Crippen LogP contribution in [0.15, 0.2) is 23.7 Å². The summed E-state index contributed by atoms with van der Waals surface area (Å²) in [6.07, 6.45) is 2.93. The van der Waals surface area contributed by atoms with E-state index in [1.165, 1.54) is 11.3 Å². The molecule has 0 spiro atoms. The average Bonchev–Trinajstić information content (AvgIpc) is 2.93. The summed E-state index contributed by atoms with van der Waals surface area (Å²) in [6, 6.07) is 3.99. The van der Waals surface area contributed by atoms with Crippen molar-refractivity contribution in [2.24, 2.45) is 0 Å². The second-order valence-corrected chi connectivity index (χ2v) is 6.15. The van der Waals surface area contributed by atoms with Gasteiger partial charge < -0.3 is 10.1 Å². The van der Waals surface area contributed by atoms with E-state index in [0.717, 1.165) is 28.6 Å². The maximum atomic E-state index is 11.8. The largest absolute Gasteiger partial charge is 0.485 e. The zero-order valence-electron chi connectivity index (χ0n) is 13.1. The molecule has 0 aliphatic carbocycles. The van der Waals surface area contributed by atoms with Crippen LogP contribution in [0.25, 0.3) is 0 Å². The minimum Gasteiger partial charge on any atom is -0.485 e. The molecule has 0 aromatic carbocycles. The third kappa shape index (κ3) is 5.11. The van der Waals surface area contributed by atoms with Gasteiger partial charge in [-0.1, -0.05) is 6.92 Å². The van der Waals surface area contributed by atoms with Gasteiger partial charge in [-0.2, -0.15) is 0 Å². The Morgan fingerprint density at radius 3 is 2.95 bits per heavy atom. The van der Waals surface area contributed by atoms with Gasteiger partial charge in [0.1, 0.15) is 17.4 Å². The maximum absolute atomic E-state index is 11.8. The summed E-state index contributed by atoms with van der Waals surface area (Å²) in [4.78, 5) is 20.4. The normalized spacial score (nSPS) is 12.0. The molecule has 1 unspecified atom stereocenters. The van der Waals surface area contributed by atoms with Crippen LogP contribution in [0.2, 0.25) is 0 Å². The number of carbonyl (C=O) groups excluding carboxylic acids is 1. The van der Waals surface area contributed by atoms with Crippen LogP contribution in [-0.2, 0) is 17.8 Å². The summed E-state index contributed by atoms with van der Waals surface area (Å²) in [5.41, 5.74) is 1.74. The van der Waals surface area contributed by atoms with Crippen LogP contribution in [0, 0.1) is 6.92 Å². The summed E-state index contributed by atoms with van der Waals surface area (Å²) >= 11 is 1.50. The molecule has 0 radical (unpaired) electrons. The highest BCUT2D eigenvalue weighted by molar-refractivity contribution is 7.09. The van der Waals surface area contributed by atoms with E-state index >= 15 is 0 Å². The molecule has 1 atom stereocenters. The lowest BCUT2D eigenvalue weighted by atomic mass is 10.2. The van der Waals surface area contributed by atoms with E-state index in [4.69, 9.17) is 4.74 Å². The minimum absolute atomic E-state index is 0.00912. The topological polar surface area (TPSA) is 64.1 Å². The van der Waals surface area contributed by atoms with Crippen LogP contribution in [0.3, 0.4) is 0 Å². The van der Waals surface area contributed by atoms with Crippen molar-refractivity contribution >= 4 is 17.2 Å². The van der Waals surface area contributed by atoms with Crippen molar-refractivity contribution in [2.75, 3.05) is 0 Å². The molecule has 2 aromatic rings. The highest BCUT2D eigenvalue weighted by Gasteiger charge is 2.10. The fourth-order valence-electron chi connectivity index (χ4n) is 1.77. The van der Waals surface area contributed by atoms with E-state index in [9.17, 15) is 4.79 Å². The molecule has 2 heterocycles. The Balaban J connectivity index is 1.83. The van der Waals surface area contributed by atoms with Gasteiger partial charge in [-0.25, -0.2) is 4.98 Å².